The molecule has 15 nitrogen and oxygen atoms in total. The van der Waals surface area contributed by atoms with E-state index in [9.17, 15) is 29.1 Å². The summed E-state index contributed by atoms with van der Waals surface area (Å²) in [7, 11) is 0. The number of para-hydroxylation sites is 1. The molecule has 224 valence electrons. The first-order valence-corrected chi connectivity index (χ1v) is 13.1. The number of aliphatic carboxylic acids is 1. The molecule has 0 aliphatic heterocycles. The second-order valence-corrected chi connectivity index (χ2v) is 9.98. The van der Waals surface area contributed by atoms with E-state index < -0.39 is 66.1 Å². The first-order chi connectivity index (χ1) is 19.3. The summed E-state index contributed by atoms with van der Waals surface area (Å²) in [6.07, 6.45) is 1.58. The van der Waals surface area contributed by atoms with Crippen LogP contribution in [0.1, 0.15) is 38.7 Å². The van der Waals surface area contributed by atoms with Crippen LogP contribution in [0.3, 0.4) is 0 Å². The summed E-state index contributed by atoms with van der Waals surface area (Å²) >= 11 is 0. The molecule has 0 saturated carbocycles. The lowest BCUT2D eigenvalue weighted by Gasteiger charge is -2.25. The van der Waals surface area contributed by atoms with E-state index in [-0.39, 0.29) is 31.8 Å². The fourth-order valence-electron chi connectivity index (χ4n) is 4.13. The Hall–Kier alpha value is -4.66. The zero-order valence-corrected chi connectivity index (χ0v) is 23.1. The Balaban J connectivity index is 2.16. The van der Waals surface area contributed by atoms with E-state index in [1.165, 1.54) is 0 Å². The van der Waals surface area contributed by atoms with Crippen molar-refractivity contribution in [3.8, 4) is 0 Å². The number of benzene rings is 1. The molecule has 4 atom stereocenters. The number of amides is 4. The van der Waals surface area contributed by atoms with Crippen molar-refractivity contribution in [2.24, 2.45) is 33.8 Å². The third-order valence-corrected chi connectivity index (χ3v) is 6.30. The molecule has 1 heterocycles. The molecule has 41 heavy (non-hydrogen) atoms. The maximum absolute atomic E-state index is 13.2. The fraction of sp³-hybridized carbons (Fsp3) is 0.462. The number of aliphatic imine (C=N–C) groups is 1. The Bertz CT molecular complexity index is 1270. The van der Waals surface area contributed by atoms with E-state index in [0.717, 1.165) is 16.5 Å². The van der Waals surface area contributed by atoms with Gasteiger partial charge in [-0.3, -0.25) is 24.2 Å². The molecule has 4 unspecified atom stereocenters. The van der Waals surface area contributed by atoms with Gasteiger partial charge in [-0.2, -0.15) is 0 Å². The van der Waals surface area contributed by atoms with Crippen LogP contribution >= 0.6 is 0 Å². The molecule has 2 aromatic rings. The summed E-state index contributed by atoms with van der Waals surface area (Å²) in [4.78, 5) is 69.4. The predicted molar refractivity (Wildman–Crippen MR) is 152 cm³/mol. The Morgan fingerprint density at radius 2 is 1.59 bits per heavy atom. The minimum Gasteiger partial charge on any atom is -0.480 e. The van der Waals surface area contributed by atoms with Gasteiger partial charge in [-0.05, 0) is 36.8 Å². The molecule has 13 N–H and O–H groups in total. The second-order valence-electron chi connectivity index (χ2n) is 9.98. The summed E-state index contributed by atoms with van der Waals surface area (Å²) in [5.41, 5.74) is 23.7. The Labute approximate surface area is 236 Å². The molecule has 0 fully saturated rings. The average Bonchev–Trinajstić information content (AvgIpc) is 3.30. The Morgan fingerprint density at radius 3 is 2.20 bits per heavy atom. The number of H-pyrrole nitrogens is 1. The number of hydrogen-bond acceptors (Lipinski definition) is 7. The lowest BCUT2D eigenvalue weighted by atomic mass is 10.0. The average molecular weight is 574 g/mol. The molecule has 0 aliphatic rings. The van der Waals surface area contributed by atoms with Gasteiger partial charge in [-0.25, -0.2) is 4.79 Å². The predicted octanol–water partition coefficient (Wildman–Crippen LogP) is -1.84. The van der Waals surface area contributed by atoms with Crippen molar-refractivity contribution >= 4 is 46.5 Å². The van der Waals surface area contributed by atoms with Gasteiger partial charge >= 0.3 is 5.97 Å². The largest absolute Gasteiger partial charge is 0.480 e. The van der Waals surface area contributed by atoms with Crippen LogP contribution in [0.4, 0.5) is 0 Å². The van der Waals surface area contributed by atoms with Crippen molar-refractivity contribution in [2.45, 2.75) is 63.7 Å². The summed E-state index contributed by atoms with van der Waals surface area (Å²) in [5.74, 6) is -5.10. The third kappa shape index (κ3) is 10.1. The van der Waals surface area contributed by atoms with Crippen LogP contribution in [0.15, 0.2) is 35.5 Å². The van der Waals surface area contributed by atoms with Crippen molar-refractivity contribution < 1.29 is 29.1 Å². The number of rotatable bonds is 16. The van der Waals surface area contributed by atoms with Crippen LogP contribution in [-0.2, 0) is 30.4 Å². The smallest absolute Gasteiger partial charge is 0.326 e. The van der Waals surface area contributed by atoms with Crippen molar-refractivity contribution in [3.05, 3.63) is 36.0 Å². The number of aromatic nitrogens is 1. The summed E-state index contributed by atoms with van der Waals surface area (Å²) in [6, 6.07) is 2.50. The lowest BCUT2D eigenvalue weighted by Crippen LogP contribution is -2.58. The van der Waals surface area contributed by atoms with Crippen molar-refractivity contribution in [2.75, 3.05) is 6.54 Å². The Morgan fingerprint density at radius 1 is 0.951 bits per heavy atom. The number of primary amides is 1. The number of carbonyl (C=O) groups excluding carboxylic acids is 4. The first-order valence-electron chi connectivity index (χ1n) is 13.1. The van der Waals surface area contributed by atoms with Gasteiger partial charge in [0, 0.05) is 23.6 Å². The van der Waals surface area contributed by atoms with Gasteiger partial charge in [0.2, 0.25) is 23.6 Å². The number of aromatic amines is 1. The van der Waals surface area contributed by atoms with E-state index in [1.807, 2.05) is 24.3 Å². The molecule has 0 radical (unpaired) electrons. The van der Waals surface area contributed by atoms with Crippen LogP contribution in [0.2, 0.25) is 0 Å². The third-order valence-electron chi connectivity index (χ3n) is 6.30. The molecular weight excluding hydrogens is 534 g/mol. The number of hydrogen-bond donors (Lipinski definition) is 9. The second kappa shape index (κ2) is 15.2. The van der Waals surface area contributed by atoms with Crippen LogP contribution in [0.5, 0.6) is 0 Å². The number of carboxylic acids is 1. The zero-order chi connectivity index (χ0) is 30.7. The van der Waals surface area contributed by atoms with E-state index in [2.05, 4.69) is 25.9 Å². The standard InChI is InChI=1S/C26H39N9O6/c1-13(2)21(25(40)41)35-23(38)18(8-5-9-31-26(29)30)33-24(39)19(11-20(28)36)34-22(37)16(27)10-14-12-32-17-7-4-3-6-15(14)17/h3-4,6-7,12-13,16,18-19,21,32H,5,8-11,27H2,1-2H3,(H2,28,36)(H,33,39)(H,34,37)(H,35,38)(H,40,41)(H4,29,30,31). The minimum atomic E-state index is -1.44. The van der Waals surface area contributed by atoms with Gasteiger partial charge in [-0.1, -0.05) is 32.0 Å². The molecule has 0 bridgehead atoms. The molecule has 0 aliphatic carbocycles. The van der Waals surface area contributed by atoms with E-state index in [4.69, 9.17) is 22.9 Å². The topological polar surface area (TPSA) is 274 Å². The molecular formula is C26H39N9O6. The van der Waals surface area contributed by atoms with Crippen molar-refractivity contribution in [1.82, 2.24) is 20.9 Å². The normalized spacial score (nSPS) is 14.0. The maximum atomic E-state index is 13.2. The minimum absolute atomic E-state index is 0.0239. The summed E-state index contributed by atoms with van der Waals surface area (Å²) < 4.78 is 0. The number of guanidine groups is 1. The van der Waals surface area contributed by atoms with Gasteiger partial charge in [0.05, 0.1) is 12.5 Å². The molecule has 1 aromatic carbocycles. The van der Waals surface area contributed by atoms with Gasteiger partial charge in [0.15, 0.2) is 5.96 Å². The number of nitrogens with two attached hydrogens (primary N) is 4. The lowest BCUT2D eigenvalue weighted by molar-refractivity contribution is -0.143. The number of carboxylic acid groups (broad SMARTS) is 1. The van der Waals surface area contributed by atoms with Gasteiger partial charge in [-0.15, -0.1) is 0 Å². The number of nitrogens with one attached hydrogen (secondary N) is 4. The molecule has 15 heteroatoms. The molecule has 0 saturated heterocycles. The van der Waals surface area contributed by atoms with E-state index in [0.29, 0.717) is 0 Å². The van der Waals surface area contributed by atoms with Crippen LogP contribution < -0.4 is 38.9 Å². The fourth-order valence-corrected chi connectivity index (χ4v) is 4.13. The summed E-state index contributed by atoms with van der Waals surface area (Å²) in [6.45, 7) is 3.37. The highest BCUT2D eigenvalue weighted by atomic mass is 16.4. The number of fused-ring (bicyclic) bond motifs is 1. The molecule has 1 aromatic heterocycles. The SMILES string of the molecule is CC(C)C(NC(=O)C(CCCN=C(N)N)NC(=O)C(CC(N)=O)NC(=O)C(N)Cc1c[nH]c2ccccc12)C(=O)O. The molecule has 2 rings (SSSR count). The van der Waals surface area contributed by atoms with Crippen LogP contribution in [0.25, 0.3) is 10.9 Å². The highest BCUT2D eigenvalue weighted by molar-refractivity contribution is 5.96. The number of nitrogens with zero attached hydrogens (tertiary/aromatic N) is 1. The van der Waals surface area contributed by atoms with Crippen molar-refractivity contribution in [1.29, 1.82) is 0 Å². The molecule has 0 spiro atoms. The first kappa shape index (κ1) is 32.6. The molecule has 4 amide bonds. The van der Waals surface area contributed by atoms with Gasteiger partial charge < -0.3 is 49.0 Å². The van der Waals surface area contributed by atoms with Gasteiger partial charge in [0.25, 0.3) is 0 Å². The highest BCUT2D eigenvalue weighted by Crippen LogP contribution is 2.19. The number of carbonyl (C=O) groups is 5. The Kier molecular flexibility index (Phi) is 12.1. The monoisotopic (exact) mass is 573 g/mol. The van der Waals surface area contributed by atoms with Crippen LogP contribution in [-0.4, -0.2) is 76.4 Å². The van der Waals surface area contributed by atoms with Gasteiger partial charge in [0.1, 0.15) is 18.1 Å². The van der Waals surface area contributed by atoms with Crippen LogP contribution in [0, 0.1) is 5.92 Å². The maximum Gasteiger partial charge on any atom is 0.326 e. The zero-order valence-electron chi connectivity index (χ0n) is 23.1. The highest BCUT2D eigenvalue weighted by Gasteiger charge is 2.32. The van der Waals surface area contributed by atoms with Crippen molar-refractivity contribution in [3.63, 3.8) is 0 Å². The van der Waals surface area contributed by atoms with E-state index >= 15 is 0 Å². The van der Waals surface area contributed by atoms with E-state index in [1.54, 1.807) is 20.0 Å². The quantitative estimate of drug-likeness (QED) is 0.0619. The summed E-state index contributed by atoms with van der Waals surface area (Å²) in [5, 5.41) is 17.7.